The molecule has 0 aliphatic heterocycles. The number of anilines is 1. The molecular weight excluding hydrogens is 361 g/mol. The van der Waals surface area contributed by atoms with Crippen molar-refractivity contribution in [2.75, 3.05) is 11.8 Å². The van der Waals surface area contributed by atoms with Crippen LogP contribution in [-0.4, -0.2) is 21.5 Å². The molecule has 0 saturated carbocycles. The van der Waals surface area contributed by atoms with Gasteiger partial charge in [-0.25, -0.2) is 13.2 Å². The number of hydrogen-bond acceptors (Lipinski definition) is 4. The number of sulfonamides is 1. The van der Waals surface area contributed by atoms with Gasteiger partial charge in [0, 0.05) is 5.02 Å². The monoisotopic (exact) mass is 373 g/mol. The molecule has 0 saturated heterocycles. The predicted molar refractivity (Wildman–Crippen MR) is 89.8 cm³/mol. The van der Waals surface area contributed by atoms with Gasteiger partial charge in [0.15, 0.2) is 0 Å². The number of carbonyl (C=O) groups excluding carboxylic acids is 1. The first kappa shape index (κ1) is 17.6. The molecule has 0 aromatic heterocycles. The third-order valence-corrected chi connectivity index (χ3v) is 5.16. The molecule has 0 atom stereocenters. The lowest BCUT2D eigenvalue weighted by Crippen LogP contribution is -2.15. The third kappa shape index (κ3) is 3.96. The summed E-state index contributed by atoms with van der Waals surface area (Å²) in [7, 11) is -2.77. The van der Waals surface area contributed by atoms with Crippen molar-refractivity contribution in [3.05, 3.63) is 57.6 Å². The van der Waals surface area contributed by atoms with Gasteiger partial charge in [-0.1, -0.05) is 23.2 Å². The number of ether oxygens (including phenoxy) is 1. The van der Waals surface area contributed by atoms with E-state index in [9.17, 15) is 13.2 Å². The van der Waals surface area contributed by atoms with Crippen LogP contribution in [0.25, 0.3) is 0 Å². The van der Waals surface area contributed by atoms with Gasteiger partial charge in [-0.15, -0.1) is 0 Å². The van der Waals surface area contributed by atoms with Crippen molar-refractivity contribution in [2.24, 2.45) is 0 Å². The molecule has 0 spiro atoms. The highest BCUT2D eigenvalue weighted by molar-refractivity contribution is 7.92. The number of esters is 1. The summed E-state index contributed by atoms with van der Waals surface area (Å²) in [5.41, 5.74) is 1.11. The zero-order valence-electron chi connectivity index (χ0n) is 12.3. The normalized spacial score (nSPS) is 11.1. The minimum absolute atomic E-state index is 0.00299. The van der Waals surface area contributed by atoms with Crippen LogP contribution in [-0.2, 0) is 14.8 Å². The zero-order valence-corrected chi connectivity index (χ0v) is 14.6. The fraction of sp³-hybridized carbons (Fsp3) is 0.133. The van der Waals surface area contributed by atoms with Crippen molar-refractivity contribution in [1.29, 1.82) is 0 Å². The van der Waals surface area contributed by atoms with E-state index in [0.717, 1.165) is 0 Å². The molecule has 23 heavy (non-hydrogen) atoms. The number of benzene rings is 2. The van der Waals surface area contributed by atoms with Crippen LogP contribution in [0.4, 0.5) is 5.69 Å². The fourth-order valence-electron chi connectivity index (χ4n) is 1.90. The predicted octanol–water partition coefficient (Wildman–Crippen LogP) is 3.89. The molecule has 0 radical (unpaired) electrons. The molecule has 0 heterocycles. The number of aryl methyl sites for hydroxylation is 1. The van der Waals surface area contributed by atoms with E-state index in [1.54, 1.807) is 25.1 Å². The van der Waals surface area contributed by atoms with E-state index in [1.165, 1.54) is 25.3 Å². The van der Waals surface area contributed by atoms with E-state index >= 15 is 0 Å². The van der Waals surface area contributed by atoms with Crippen LogP contribution in [0.5, 0.6) is 0 Å². The molecule has 1 N–H and O–H groups in total. The Morgan fingerprint density at radius 1 is 1.13 bits per heavy atom. The topological polar surface area (TPSA) is 72.5 Å². The summed E-state index contributed by atoms with van der Waals surface area (Å²) in [6.07, 6.45) is 0. The first-order valence-electron chi connectivity index (χ1n) is 6.41. The molecule has 122 valence electrons. The molecule has 0 aliphatic carbocycles. The summed E-state index contributed by atoms with van der Waals surface area (Å²) >= 11 is 11.8. The number of rotatable bonds is 4. The molecule has 2 aromatic rings. The Labute approximate surface area is 144 Å². The van der Waals surface area contributed by atoms with E-state index < -0.39 is 16.0 Å². The summed E-state index contributed by atoms with van der Waals surface area (Å²) in [6.45, 7) is 1.72. The molecule has 2 aromatic carbocycles. The van der Waals surface area contributed by atoms with E-state index in [-0.39, 0.29) is 15.5 Å². The van der Waals surface area contributed by atoms with Gasteiger partial charge in [-0.3, -0.25) is 4.72 Å². The van der Waals surface area contributed by atoms with E-state index in [4.69, 9.17) is 23.2 Å². The van der Waals surface area contributed by atoms with Crippen molar-refractivity contribution in [3.63, 3.8) is 0 Å². The second kappa shape index (κ2) is 6.78. The van der Waals surface area contributed by atoms with E-state index in [0.29, 0.717) is 16.3 Å². The Morgan fingerprint density at radius 2 is 1.83 bits per heavy atom. The second-order valence-corrected chi connectivity index (χ2v) is 7.20. The first-order valence-corrected chi connectivity index (χ1v) is 8.65. The Bertz CT molecular complexity index is 866. The molecular formula is C15H13Cl2NO4S. The number of halogens is 2. The minimum atomic E-state index is -3.98. The SMILES string of the molecule is COC(=O)c1ccc(Cl)c(S(=O)(=O)Nc2ccc(Cl)cc2C)c1. The van der Waals surface area contributed by atoms with Crippen LogP contribution in [0.3, 0.4) is 0 Å². The van der Waals surface area contributed by atoms with Gasteiger partial charge in [-0.2, -0.15) is 0 Å². The van der Waals surface area contributed by atoms with E-state index in [2.05, 4.69) is 9.46 Å². The van der Waals surface area contributed by atoms with Crippen LogP contribution < -0.4 is 4.72 Å². The highest BCUT2D eigenvalue weighted by atomic mass is 35.5. The van der Waals surface area contributed by atoms with Crippen LogP contribution in [0.1, 0.15) is 15.9 Å². The maximum absolute atomic E-state index is 12.5. The fourth-order valence-corrected chi connectivity index (χ4v) is 3.78. The van der Waals surface area contributed by atoms with Gasteiger partial charge >= 0.3 is 5.97 Å². The average Bonchev–Trinajstić information content (AvgIpc) is 2.49. The Morgan fingerprint density at radius 3 is 2.43 bits per heavy atom. The molecule has 0 bridgehead atoms. The van der Waals surface area contributed by atoms with Crippen LogP contribution >= 0.6 is 23.2 Å². The summed E-state index contributed by atoms with van der Waals surface area (Å²) in [5.74, 6) is -0.652. The summed E-state index contributed by atoms with van der Waals surface area (Å²) in [4.78, 5) is 11.3. The quantitative estimate of drug-likeness (QED) is 0.825. The largest absolute Gasteiger partial charge is 0.465 e. The van der Waals surface area contributed by atoms with Crippen molar-refractivity contribution in [2.45, 2.75) is 11.8 Å². The van der Waals surface area contributed by atoms with Gasteiger partial charge in [0.2, 0.25) is 0 Å². The summed E-state index contributed by atoms with van der Waals surface area (Å²) < 4.78 is 32.1. The Kier molecular flexibility index (Phi) is 5.19. The number of methoxy groups -OCH3 is 1. The Hall–Kier alpha value is -1.76. The molecule has 0 fully saturated rings. The average molecular weight is 374 g/mol. The van der Waals surface area contributed by atoms with Crippen molar-refractivity contribution < 1.29 is 17.9 Å². The van der Waals surface area contributed by atoms with E-state index in [1.807, 2.05) is 0 Å². The van der Waals surface area contributed by atoms with Crippen molar-refractivity contribution in [3.8, 4) is 0 Å². The van der Waals surface area contributed by atoms with Crippen LogP contribution in [0, 0.1) is 6.92 Å². The minimum Gasteiger partial charge on any atom is -0.465 e. The molecule has 2 rings (SSSR count). The van der Waals surface area contributed by atoms with Gasteiger partial charge in [0.05, 0.1) is 23.4 Å². The van der Waals surface area contributed by atoms with Crippen molar-refractivity contribution in [1.82, 2.24) is 0 Å². The highest BCUT2D eigenvalue weighted by Crippen LogP contribution is 2.27. The number of nitrogens with one attached hydrogen (secondary N) is 1. The first-order chi connectivity index (χ1) is 10.7. The molecule has 0 amide bonds. The molecule has 0 unspecified atom stereocenters. The Balaban J connectivity index is 2.45. The van der Waals surface area contributed by atoms with Crippen LogP contribution in [0.2, 0.25) is 10.0 Å². The lowest BCUT2D eigenvalue weighted by molar-refractivity contribution is 0.0600. The third-order valence-electron chi connectivity index (χ3n) is 3.07. The maximum Gasteiger partial charge on any atom is 0.337 e. The second-order valence-electron chi connectivity index (χ2n) is 4.70. The van der Waals surface area contributed by atoms with Gasteiger partial charge in [0.25, 0.3) is 10.0 Å². The summed E-state index contributed by atoms with van der Waals surface area (Å²) in [5, 5.41) is 0.493. The van der Waals surface area contributed by atoms with Crippen LogP contribution in [0.15, 0.2) is 41.3 Å². The maximum atomic E-state index is 12.5. The van der Waals surface area contributed by atoms with Crippen molar-refractivity contribution >= 4 is 44.9 Å². The standard InChI is InChI=1S/C15H13Cl2NO4S/c1-9-7-11(16)4-6-13(9)18-23(20,21)14-8-10(15(19)22-2)3-5-12(14)17/h3-8,18H,1-2H3. The zero-order chi connectivity index (χ0) is 17.2. The number of hydrogen-bond donors (Lipinski definition) is 1. The number of carbonyl (C=O) groups is 1. The lowest BCUT2D eigenvalue weighted by atomic mass is 10.2. The smallest absolute Gasteiger partial charge is 0.337 e. The molecule has 0 aliphatic rings. The lowest BCUT2D eigenvalue weighted by Gasteiger charge is -2.12. The highest BCUT2D eigenvalue weighted by Gasteiger charge is 2.21. The summed E-state index contributed by atoms with van der Waals surface area (Å²) in [6, 6.07) is 8.64. The van der Waals surface area contributed by atoms with Gasteiger partial charge in [0.1, 0.15) is 4.90 Å². The molecule has 8 heteroatoms. The van der Waals surface area contributed by atoms with Gasteiger partial charge < -0.3 is 4.74 Å². The van der Waals surface area contributed by atoms with Gasteiger partial charge in [-0.05, 0) is 48.9 Å². The molecule has 5 nitrogen and oxygen atoms in total.